The molecule has 0 spiro atoms. The maximum absolute atomic E-state index is 11.9. The van der Waals surface area contributed by atoms with E-state index in [1.165, 1.54) is 0 Å². The molecular weight excluding hydrogens is 274 g/mol. The number of hydrogen-bond acceptors (Lipinski definition) is 2. The summed E-state index contributed by atoms with van der Waals surface area (Å²) in [7, 11) is 0. The maximum atomic E-state index is 11.9. The molecule has 112 valence electrons. The van der Waals surface area contributed by atoms with Crippen molar-refractivity contribution in [3.8, 4) is 0 Å². The van der Waals surface area contributed by atoms with Crippen LogP contribution in [0.1, 0.15) is 58.6 Å². The Bertz CT molecular complexity index is 423. The van der Waals surface area contributed by atoms with Gasteiger partial charge >= 0.3 is 6.09 Å². The van der Waals surface area contributed by atoms with Crippen LogP contribution in [0, 0.1) is 0 Å². The summed E-state index contributed by atoms with van der Waals surface area (Å²) in [4.78, 5) is 11.9. The quantitative estimate of drug-likeness (QED) is 0.821. The number of nitrogens with one attached hydrogen (secondary N) is 1. The SMILES string of the molecule is CCCCC(NC(=O)OC(C)(C)C)c1ccc(Cl)cc1. The Morgan fingerprint density at radius 2 is 1.90 bits per heavy atom. The highest BCUT2D eigenvalue weighted by molar-refractivity contribution is 6.30. The predicted molar refractivity (Wildman–Crippen MR) is 83.1 cm³/mol. The maximum Gasteiger partial charge on any atom is 0.408 e. The average Bonchev–Trinajstić information content (AvgIpc) is 2.33. The van der Waals surface area contributed by atoms with E-state index in [-0.39, 0.29) is 12.1 Å². The van der Waals surface area contributed by atoms with E-state index < -0.39 is 5.60 Å². The Kier molecular flexibility index (Phi) is 6.34. The van der Waals surface area contributed by atoms with E-state index >= 15 is 0 Å². The Hall–Kier alpha value is -1.22. The number of amides is 1. The van der Waals surface area contributed by atoms with Crippen LogP contribution in [0.2, 0.25) is 5.02 Å². The zero-order valence-corrected chi connectivity index (χ0v) is 13.5. The van der Waals surface area contributed by atoms with Gasteiger partial charge in [0.05, 0.1) is 6.04 Å². The van der Waals surface area contributed by atoms with Gasteiger partial charge in [0.1, 0.15) is 5.60 Å². The highest BCUT2D eigenvalue weighted by Gasteiger charge is 2.20. The highest BCUT2D eigenvalue weighted by atomic mass is 35.5. The second-order valence-electron chi connectivity index (χ2n) is 5.89. The van der Waals surface area contributed by atoms with Crippen LogP contribution in [0.5, 0.6) is 0 Å². The van der Waals surface area contributed by atoms with Crippen LogP contribution in [0.15, 0.2) is 24.3 Å². The van der Waals surface area contributed by atoms with Crippen LogP contribution in [-0.4, -0.2) is 11.7 Å². The van der Waals surface area contributed by atoms with Crippen LogP contribution in [-0.2, 0) is 4.74 Å². The number of rotatable bonds is 5. The van der Waals surface area contributed by atoms with Gasteiger partial charge in [0.2, 0.25) is 0 Å². The molecule has 0 saturated carbocycles. The lowest BCUT2D eigenvalue weighted by molar-refractivity contribution is 0.0500. The summed E-state index contributed by atoms with van der Waals surface area (Å²) in [6.07, 6.45) is 2.63. The minimum atomic E-state index is -0.487. The van der Waals surface area contributed by atoms with Crippen molar-refractivity contribution in [2.45, 2.75) is 58.6 Å². The zero-order chi connectivity index (χ0) is 15.2. The number of hydrogen-bond donors (Lipinski definition) is 1. The monoisotopic (exact) mass is 297 g/mol. The third-order valence-electron chi connectivity index (χ3n) is 2.81. The molecule has 3 nitrogen and oxygen atoms in total. The minimum absolute atomic E-state index is 0.0398. The van der Waals surface area contributed by atoms with Gasteiger partial charge in [0, 0.05) is 5.02 Å². The van der Waals surface area contributed by atoms with Crippen molar-refractivity contribution < 1.29 is 9.53 Å². The second kappa shape index (κ2) is 7.53. The molecule has 0 saturated heterocycles. The Labute approximate surface area is 126 Å². The van der Waals surface area contributed by atoms with Crippen LogP contribution in [0.3, 0.4) is 0 Å². The second-order valence-corrected chi connectivity index (χ2v) is 6.33. The summed E-state index contributed by atoms with van der Waals surface area (Å²) in [5.74, 6) is 0. The molecule has 1 atom stereocenters. The fourth-order valence-corrected chi connectivity index (χ4v) is 2.00. The molecule has 1 rings (SSSR count). The third-order valence-corrected chi connectivity index (χ3v) is 3.06. The molecule has 0 aliphatic heterocycles. The van der Waals surface area contributed by atoms with Gasteiger partial charge in [0.15, 0.2) is 0 Å². The first kappa shape index (κ1) is 16.8. The number of benzene rings is 1. The number of alkyl carbamates (subject to hydrolysis) is 1. The van der Waals surface area contributed by atoms with Crippen LogP contribution in [0.4, 0.5) is 4.79 Å². The molecule has 0 bridgehead atoms. The first-order valence-corrected chi connectivity index (χ1v) is 7.44. The van der Waals surface area contributed by atoms with Crippen molar-refractivity contribution in [3.05, 3.63) is 34.9 Å². The van der Waals surface area contributed by atoms with Crippen molar-refractivity contribution in [2.75, 3.05) is 0 Å². The molecule has 1 aromatic rings. The summed E-state index contributed by atoms with van der Waals surface area (Å²) in [5, 5.41) is 3.63. The van der Waals surface area contributed by atoms with E-state index in [2.05, 4.69) is 12.2 Å². The molecule has 0 aliphatic rings. The summed E-state index contributed by atoms with van der Waals surface area (Å²) in [6, 6.07) is 7.53. The first-order valence-electron chi connectivity index (χ1n) is 7.07. The minimum Gasteiger partial charge on any atom is -0.444 e. The lowest BCUT2D eigenvalue weighted by Crippen LogP contribution is -2.35. The van der Waals surface area contributed by atoms with Gasteiger partial charge in [-0.05, 0) is 44.9 Å². The van der Waals surface area contributed by atoms with E-state index in [9.17, 15) is 4.79 Å². The molecule has 20 heavy (non-hydrogen) atoms. The van der Waals surface area contributed by atoms with Gasteiger partial charge in [0.25, 0.3) is 0 Å². The van der Waals surface area contributed by atoms with Gasteiger partial charge in [-0.3, -0.25) is 0 Å². The molecule has 1 unspecified atom stereocenters. The molecule has 1 N–H and O–H groups in total. The van der Waals surface area contributed by atoms with Crippen LogP contribution in [0.25, 0.3) is 0 Å². The van der Waals surface area contributed by atoms with E-state index in [1.54, 1.807) is 0 Å². The molecule has 0 heterocycles. The van der Waals surface area contributed by atoms with Gasteiger partial charge in [-0.2, -0.15) is 0 Å². The summed E-state index contributed by atoms with van der Waals surface area (Å²) < 4.78 is 5.32. The standard InChI is InChI=1S/C16H24ClNO2/c1-5-6-7-14(12-8-10-13(17)11-9-12)18-15(19)20-16(2,3)4/h8-11,14H,5-7H2,1-4H3,(H,18,19). The third kappa shape index (κ3) is 6.29. The molecule has 4 heteroatoms. The molecule has 0 fully saturated rings. The van der Waals surface area contributed by atoms with Gasteiger partial charge in [-0.1, -0.05) is 43.5 Å². The number of unbranched alkanes of at least 4 members (excludes halogenated alkanes) is 1. The van der Waals surface area contributed by atoms with Crippen molar-refractivity contribution >= 4 is 17.7 Å². The molecule has 1 amide bonds. The fraction of sp³-hybridized carbons (Fsp3) is 0.562. The van der Waals surface area contributed by atoms with Crippen molar-refractivity contribution in [2.24, 2.45) is 0 Å². The van der Waals surface area contributed by atoms with Gasteiger partial charge in [-0.15, -0.1) is 0 Å². The normalized spacial score (nSPS) is 12.8. The molecule has 0 aliphatic carbocycles. The lowest BCUT2D eigenvalue weighted by atomic mass is 10.0. The molecule has 1 aromatic carbocycles. The average molecular weight is 298 g/mol. The smallest absolute Gasteiger partial charge is 0.408 e. The molecule has 0 aromatic heterocycles. The number of halogens is 1. The Morgan fingerprint density at radius 3 is 2.40 bits per heavy atom. The van der Waals surface area contributed by atoms with E-state index in [0.29, 0.717) is 5.02 Å². The fourth-order valence-electron chi connectivity index (χ4n) is 1.88. The van der Waals surface area contributed by atoms with Crippen LogP contribution < -0.4 is 5.32 Å². The van der Waals surface area contributed by atoms with Crippen LogP contribution >= 0.6 is 11.6 Å². The van der Waals surface area contributed by atoms with Gasteiger partial charge in [-0.25, -0.2) is 4.79 Å². The topological polar surface area (TPSA) is 38.3 Å². The van der Waals surface area contributed by atoms with Crippen molar-refractivity contribution in [1.82, 2.24) is 5.32 Å². The van der Waals surface area contributed by atoms with Crippen molar-refractivity contribution in [1.29, 1.82) is 0 Å². The predicted octanol–water partition coefficient (Wildman–Crippen LogP) is 5.10. The number of carbonyl (C=O) groups excluding carboxylic acids is 1. The summed E-state index contributed by atoms with van der Waals surface area (Å²) >= 11 is 5.90. The summed E-state index contributed by atoms with van der Waals surface area (Å²) in [6.45, 7) is 7.70. The van der Waals surface area contributed by atoms with E-state index in [4.69, 9.17) is 16.3 Å². The Balaban J connectivity index is 2.74. The Morgan fingerprint density at radius 1 is 1.30 bits per heavy atom. The summed E-state index contributed by atoms with van der Waals surface area (Å²) in [5.41, 5.74) is 0.563. The highest BCUT2D eigenvalue weighted by Crippen LogP contribution is 2.22. The largest absolute Gasteiger partial charge is 0.444 e. The zero-order valence-electron chi connectivity index (χ0n) is 12.7. The number of carbonyl (C=O) groups is 1. The first-order chi connectivity index (χ1) is 9.31. The van der Waals surface area contributed by atoms with E-state index in [0.717, 1.165) is 24.8 Å². The van der Waals surface area contributed by atoms with Crippen molar-refractivity contribution in [3.63, 3.8) is 0 Å². The molecule has 0 radical (unpaired) electrons. The molecular formula is C16H24ClNO2. The number of ether oxygens (including phenoxy) is 1. The lowest BCUT2D eigenvalue weighted by Gasteiger charge is -2.24. The van der Waals surface area contributed by atoms with E-state index in [1.807, 2.05) is 45.0 Å². The van der Waals surface area contributed by atoms with Gasteiger partial charge < -0.3 is 10.1 Å².